The Morgan fingerprint density at radius 3 is 2.26 bits per heavy atom. The van der Waals surface area contributed by atoms with E-state index in [2.05, 4.69) is 5.32 Å². The monoisotopic (exact) mass is 334 g/mol. The van der Waals surface area contributed by atoms with Crippen molar-refractivity contribution in [3.8, 4) is 0 Å². The maximum atomic E-state index is 12.5. The quantitative estimate of drug-likeness (QED) is 0.929. The zero-order valence-corrected chi connectivity index (χ0v) is 14.3. The summed E-state index contributed by atoms with van der Waals surface area (Å²) in [7, 11) is 1.59. The van der Waals surface area contributed by atoms with Crippen LogP contribution in [0.3, 0.4) is 0 Å². The minimum Gasteiger partial charge on any atom is -0.466 e. The van der Waals surface area contributed by atoms with Crippen LogP contribution in [-0.2, 0) is 4.79 Å². The van der Waals surface area contributed by atoms with E-state index < -0.39 is 0 Å². The number of hydrogen-bond acceptors (Lipinski definition) is 3. The molecule has 0 saturated heterocycles. The summed E-state index contributed by atoms with van der Waals surface area (Å²) in [5, 5.41) is 3.32. The van der Waals surface area contributed by atoms with Crippen LogP contribution in [0.15, 0.2) is 28.7 Å². The standard InChI is InChI=1S/C17H19ClN2O3/c1-10-11(2)23-12(3)16(10)17(22)20(4)9-15(21)19-14-7-5-13(18)6-8-14/h5-8H,9H2,1-4H3,(H,19,21). The number of rotatable bonds is 4. The van der Waals surface area contributed by atoms with E-state index >= 15 is 0 Å². The highest BCUT2D eigenvalue weighted by atomic mass is 35.5. The molecule has 1 aromatic carbocycles. The highest BCUT2D eigenvalue weighted by Crippen LogP contribution is 2.22. The van der Waals surface area contributed by atoms with Gasteiger partial charge in [0.05, 0.1) is 12.1 Å². The second-order valence-corrected chi connectivity index (χ2v) is 5.87. The predicted octanol–water partition coefficient (Wildman–Crippen LogP) is 3.57. The highest BCUT2D eigenvalue weighted by molar-refractivity contribution is 6.30. The topological polar surface area (TPSA) is 62.6 Å². The van der Waals surface area contributed by atoms with Gasteiger partial charge in [-0.2, -0.15) is 0 Å². The van der Waals surface area contributed by atoms with Gasteiger partial charge in [0, 0.05) is 23.3 Å². The third kappa shape index (κ3) is 3.93. The summed E-state index contributed by atoms with van der Waals surface area (Å²) in [5.41, 5.74) is 1.95. The molecule has 0 radical (unpaired) electrons. The minimum atomic E-state index is -0.279. The first-order valence-corrected chi connectivity index (χ1v) is 7.55. The number of aryl methyl sites for hydroxylation is 2. The number of likely N-dealkylation sites (N-methyl/N-ethyl adjacent to an activating group) is 1. The van der Waals surface area contributed by atoms with Crippen LogP contribution in [-0.4, -0.2) is 30.3 Å². The molecule has 122 valence electrons. The Labute approximate surface area is 140 Å². The van der Waals surface area contributed by atoms with Crippen LogP contribution >= 0.6 is 11.6 Å². The lowest BCUT2D eigenvalue weighted by molar-refractivity contribution is -0.116. The van der Waals surface area contributed by atoms with Crippen LogP contribution in [0, 0.1) is 20.8 Å². The summed E-state index contributed by atoms with van der Waals surface area (Å²) < 4.78 is 5.47. The molecule has 2 amide bonds. The van der Waals surface area contributed by atoms with Crippen molar-refractivity contribution in [2.75, 3.05) is 18.9 Å². The Balaban J connectivity index is 2.03. The summed E-state index contributed by atoms with van der Waals surface area (Å²) in [6, 6.07) is 6.78. The number of nitrogens with zero attached hydrogens (tertiary/aromatic N) is 1. The van der Waals surface area contributed by atoms with Crippen LogP contribution in [0.5, 0.6) is 0 Å². The highest BCUT2D eigenvalue weighted by Gasteiger charge is 2.22. The number of halogens is 1. The molecule has 6 heteroatoms. The number of anilines is 1. The molecule has 0 bridgehead atoms. The SMILES string of the molecule is Cc1oc(C)c(C(=O)N(C)CC(=O)Nc2ccc(Cl)cc2)c1C. The predicted molar refractivity (Wildman–Crippen MR) is 90.0 cm³/mol. The van der Waals surface area contributed by atoms with E-state index in [1.54, 1.807) is 38.2 Å². The van der Waals surface area contributed by atoms with Crippen molar-refractivity contribution in [2.24, 2.45) is 0 Å². The van der Waals surface area contributed by atoms with Crippen LogP contribution in [0.2, 0.25) is 5.02 Å². The smallest absolute Gasteiger partial charge is 0.257 e. The first-order chi connectivity index (χ1) is 10.8. The molecular formula is C17H19ClN2O3. The fourth-order valence-electron chi connectivity index (χ4n) is 2.32. The Morgan fingerprint density at radius 1 is 1.13 bits per heavy atom. The normalized spacial score (nSPS) is 10.5. The first kappa shape index (κ1) is 17.1. The minimum absolute atomic E-state index is 0.0510. The van der Waals surface area contributed by atoms with Crippen molar-refractivity contribution in [3.63, 3.8) is 0 Å². The fourth-order valence-corrected chi connectivity index (χ4v) is 2.45. The largest absolute Gasteiger partial charge is 0.466 e. The average molecular weight is 335 g/mol. The van der Waals surface area contributed by atoms with Gasteiger partial charge in [0.1, 0.15) is 11.5 Å². The van der Waals surface area contributed by atoms with Gasteiger partial charge >= 0.3 is 0 Å². The molecule has 0 aliphatic carbocycles. The van der Waals surface area contributed by atoms with Gasteiger partial charge < -0.3 is 14.6 Å². The third-order valence-electron chi connectivity index (χ3n) is 3.63. The number of amides is 2. The second kappa shape index (κ2) is 6.87. The average Bonchev–Trinajstić information content (AvgIpc) is 2.73. The van der Waals surface area contributed by atoms with Crippen LogP contribution in [0.1, 0.15) is 27.4 Å². The summed E-state index contributed by atoms with van der Waals surface area (Å²) in [4.78, 5) is 25.9. The van der Waals surface area contributed by atoms with Gasteiger partial charge in [0.15, 0.2) is 0 Å². The molecule has 1 N–H and O–H groups in total. The Kier molecular flexibility index (Phi) is 5.11. The molecule has 23 heavy (non-hydrogen) atoms. The van der Waals surface area contributed by atoms with Crippen molar-refractivity contribution >= 4 is 29.1 Å². The molecule has 2 aromatic rings. The van der Waals surface area contributed by atoms with Crippen LogP contribution in [0.25, 0.3) is 0 Å². The zero-order chi connectivity index (χ0) is 17.1. The molecule has 0 atom stereocenters. The van der Waals surface area contributed by atoms with Gasteiger partial charge in [-0.1, -0.05) is 11.6 Å². The Morgan fingerprint density at radius 2 is 1.74 bits per heavy atom. The van der Waals surface area contributed by atoms with Gasteiger partial charge in [-0.15, -0.1) is 0 Å². The lowest BCUT2D eigenvalue weighted by Crippen LogP contribution is -2.35. The van der Waals surface area contributed by atoms with Crippen molar-refractivity contribution in [1.82, 2.24) is 4.90 Å². The van der Waals surface area contributed by atoms with Gasteiger partial charge in [0.2, 0.25) is 5.91 Å². The fraction of sp³-hybridized carbons (Fsp3) is 0.294. The second-order valence-electron chi connectivity index (χ2n) is 5.43. The molecule has 0 spiro atoms. The van der Waals surface area contributed by atoms with Gasteiger partial charge in [-0.3, -0.25) is 9.59 Å². The van der Waals surface area contributed by atoms with E-state index in [1.165, 1.54) is 4.90 Å². The van der Waals surface area contributed by atoms with E-state index in [1.807, 2.05) is 13.8 Å². The van der Waals surface area contributed by atoms with E-state index in [0.717, 1.165) is 5.56 Å². The summed E-state index contributed by atoms with van der Waals surface area (Å²) in [6.07, 6.45) is 0. The molecule has 0 unspecified atom stereocenters. The Bertz CT molecular complexity index is 735. The summed E-state index contributed by atoms with van der Waals surface area (Å²) in [6.45, 7) is 5.34. The van der Waals surface area contributed by atoms with Gasteiger partial charge in [-0.25, -0.2) is 0 Å². The van der Waals surface area contributed by atoms with E-state index in [4.69, 9.17) is 16.0 Å². The Hall–Kier alpha value is -2.27. The summed E-state index contributed by atoms with van der Waals surface area (Å²) >= 11 is 5.80. The number of benzene rings is 1. The lowest BCUT2D eigenvalue weighted by atomic mass is 10.1. The number of nitrogens with one attached hydrogen (secondary N) is 1. The van der Waals surface area contributed by atoms with Crippen LogP contribution in [0.4, 0.5) is 5.69 Å². The molecular weight excluding hydrogens is 316 g/mol. The van der Waals surface area contributed by atoms with E-state index in [9.17, 15) is 9.59 Å². The number of hydrogen-bond donors (Lipinski definition) is 1. The van der Waals surface area contributed by atoms with Crippen molar-refractivity contribution < 1.29 is 14.0 Å². The maximum absolute atomic E-state index is 12.5. The lowest BCUT2D eigenvalue weighted by Gasteiger charge is -2.17. The molecule has 2 rings (SSSR count). The van der Waals surface area contributed by atoms with E-state index in [0.29, 0.717) is 27.8 Å². The van der Waals surface area contributed by atoms with Crippen LogP contribution < -0.4 is 5.32 Å². The molecule has 0 saturated carbocycles. The molecule has 1 aromatic heterocycles. The van der Waals surface area contributed by atoms with Gasteiger partial charge in [0.25, 0.3) is 5.91 Å². The number of carbonyl (C=O) groups excluding carboxylic acids is 2. The maximum Gasteiger partial charge on any atom is 0.257 e. The number of carbonyl (C=O) groups is 2. The molecule has 0 fully saturated rings. The van der Waals surface area contributed by atoms with Crippen molar-refractivity contribution in [2.45, 2.75) is 20.8 Å². The first-order valence-electron chi connectivity index (χ1n) is 7.17. The van der Waals surface area contributed by atoms with Crippen molar-refractivity contribution in [1.29, 1.82) is 0 Å². The number of furan rings is 1. The van der Waals surface area contributed by atoms with E-state index in [-0.39, 0.29) is 18.4 Å². The molecule has 1 heterocycles. The van der Waals surface area contributed by atoms with Gasteiger partial charge in [-0.05, 0) is 45.0 Å². The zero-order valence-electron chi connectivity index (χ0n) is 13.6. The molecule has 0 aliphatic rings. The van der Waals surface area contributed by atoms with Crippen molar-refractivity contribution in [3.05, 3.63) is 51.9 Å². The summed E-state index contributed by atoms with van der Waals surface area (Å²) in [5.74, 6) is 0.765. The third-order valence-corrected chi connectivity index (χ3v) is 3.88. The molecule has 0 aliphatic heterocycles. The molecule has 5 nitrogen and oxygen atoms in total.